The second-order valence-electron chi connectivity index (χ2n) is 6.32. The van der Waals surface area contributed by atoms with Gasteiger partial charge in [-0.2, -0.15) is 0 Å². The molecule has 2 aliphatic heterocycles. The highest BCUT2D eigenvalue weighted by atomic mass is 32.1. The van der Waals surface area contributed by atoms with Gasteiger partial charge in [-0.1, -0.05) is 24.3 Å². The molecule has 0 saturated carbocycles. The van der Waals surface area contributed by atoms with E-state index in [1.54, 1.807) is 30.3 Å². The van der Waals surface area contributed by atoms with Crippen LogP contribution in [0.1, 0.15) is 15.9 Å². The molecule has 150 valence electrons. The Kier molecular flexibility index (Phi) is 4.80. The molecule has 4 rings (SSSR count). The standard InChI is InChI=1S/C21H14N2O6S/c1-28-16-8-4-5-11(17(16)24)9-14-19(26)23(21(30)22-14)10-13-18(25)12-6-2-3-7-15(12)29-20(13)27/h2-10,24H,1H3,(H,22,30)/b13-10+,14-9-. The zero-order chi connectivity index (χ0) is 21.4. The van der Waals surface area contributed by atoms with Gasteiger partial charge in [-0.05, 0) is 36.5 Å². The molecule has 2 aromatic rings. The maximum Gasteiger partial charge on any atom is 0.349 e. The summed E-state index contributed by atoms with van der Waals surface area (Å²) in [6.07, 6.45) is 2.45. The topological polar surface area (TPSA) is 105 Å². The monoisotopic (exact) mass is 422 g/mol. The molecule has 2 aromatic carbocycles. The van der Waals surface area contributed by atoms with E-state index in [0.29, 0.717) is 5.56 Å². The molecule has 1 fully saturated rings. The number of nitrogens with zero attached hydrogens (tertiary/aromatic N) is 1. The number of fused-ring (bicyclic) bond motifs is 1. The molecule has 30 heavy (non-hydrogen) atoms. The van der Waals surface area contributed by atoms with E-state index in [-0.39, 0.29) is 39.2 Å². The molecule has 0 radical (unpaired) electrons. The molecule has 8 nitrogen and oxygen atoms in total. The first-order chi connectivity index (χ1) is 14.4. The molecular formula is C21H14N2O6S. The number of hydrogen-bond acceptors (Lipinski definition) is 7. The Hall–Kier alpha value is -3.98. The SMILES string of the molecule is COc1cccc(/C=C2\NC(=S)N(/C=C3/C(=O)Oc4ccccc4C3=O)C2=O)c1O. The van der Waals surface area contributed by atoms with Crippen molar-refractivity contribution in [1.29, 1.82) is 0 Å². The van der Waals surface area contributed by atoms with Crippen LogP contribution >= 0.6 is 12.2 Å². The highest BCUT2D eigenvalue weighted by Crippen LogP contribution is 2.32. The maximum absolute atomic E-state index is 12.8. The molecule has 2 heterocycles. The van der Waals surface area contributed by atoms with Gasteiger partial charge in [0.15, 0.2) is 16.6 Å². The van der Waals surface area contributed by atoms with Crippen LogP contribution < -0.4 is 14.8 Å². The highest BCUT2D eigenvalue weighted by Gasteiger charge is 2.35. The minimum absolute atomic E-state index is 0.0272. The molecule has 1 amide bonds. The van der Waals surface area contributed by atoms with Crippen molar-refractivity contribution in [3.63, 3.8) is 0 Å². The maximum atomic E-state index is 12.8. The van der Waals surface area contributed by atoms with Crippen molar-refractivity contribution >= 4 is 41.1 Å². The Balaban J connectivity index is 1.67. The molecule has 0 aromatic heterocycles. The lowest BCUT2D eigenvalue weighted by atomic mass is 10.0. The first kappa shape index (κ1) is 19.3. The number of phenols is 1. The summed E-state index contributed by atoms with van der Waals surface area (Å²) in [6.45, 7) is 0. The molecule has 0 bridgehead atoms. The summed E-state index contributed by atoms with van der Waals surface area (Å²) in [6, 6.07) is 11.1. The summed E-state index contributed by atoms with van der Waals surface area (Å²) in [5.74, 6) is -1.79. The van der Waals surface area contributed by atoms with Gasteiger partial charge in [0, 0.05) is 11.8 Å². The van der Waals surface area contributed by atoms with E-state index in [1.807, 2.05) is 0 Å². The first-order valence-electron chi connectivity index (χ1n) is 8.70. The minimum Gasteiger partial charge on any atom is -0.504 e. The van der Waals surface area contributed by atoms with Crippen molar-refractivity contribution in [2.24, 2.45) is 0 Å². The van der Waals surface area contributed by atoms with Gasteiger partial charge in [0.1, 0.15) is 17.0 Å². The van der Waals surface area contributed by atoms with E-state index in [0.717, 1.165) is 11.1 Å². The van der Waals surface area contributed by atoms with Crippen LogP contribution in [0.4, 0.5) is 0 Å². The molecule has 0 unspecified atom stereocenters. The van der Waals surface area contributed by atoms with Crippen molar-refractivity contribution < 1.29 is 29.0 Å². The third-order valence-corrected chi connectivity index (χ3v) is 4.82. The quantitative estimate of drug-likeness (QED) is 0.255. The highest BCUT2D eigenvalue weighted by molar-refractivity contribution is 7.80. The van der Waals surface area contributed by atoms with Crippen LogP contribution in [0.2, 0.25) is 0 Å². The summed E-state index contributed by atoms with van der Waals surface area (Å²) >= 11 is 5.17. The van der Waals surface area contributed by atoms with Crippen LogP contribution in [-0.2, 0) is 9.59 Å². The number of benzene rings is 2. The van der Waals surface area contributed by atoms with Gasteiger partial charge in [0.05, 0.1) is 12.7 Å². The number of carbonyl (C=O) groups is 3. The Morgan fingerprint density at radius 1 is 1.13 bits per heavy atom. The second-order valence-corrected chi connectivity index (χ2v) is 6.71. The van der Waals surface area contributed by atoms with Gasteiger partial charge in [-0.25, -0.2) is 4.79 Å². The average molecular weight is 422 g/mol. The van der Waals surface area contributed by atoms with Crippen molar-refractivity contribution in [2.75, 3.05) is 7.11 Å². The Morgan fingerprint density at radius 3 is 2.67 bits per heavy atom. The van der Waals surface area contributed by atoms with E-state index in [2.05, 4.69) is 5.32 Å². The van der Waals surface area contributed by atoms with Crippen molar-refractivity contribution in [2.45, 2.75) is 0 Å². The first-order valence-corrected chi connectivity index (χ1v) is 9.11. The largest absolute Gasteiger partial charge is 0.504 e. The van der Waals surface area contributed by atoms with Crippen molar-refractivity contribution in [3.8, 4) is 17.2 Å². The fraction of sp³-hybridized carbons (Fsp3) is 0.0476. The molecule has 2 N–H and O–H groups in total. The lowest BCUT2D eigenvalue weighted by molar-refractivity contribution is -0.130. The van der Waals surface area contributed by atoms with Crippen LogP contribution in [0, 0.1) is 0 Å². The van der Waals surface area contributed by atoms with Crippen molar-refractivity contribution in [3.05, 3.63) is 71.1 Å². The number of ketones is 1. The number of hydrogen-bond donors (Lipinski definition) is 2. The Bertz CT molecular complexity index is 1180. The lowest BCUT2D eigenvalue weighted by Crippen LogP contribution is -2.31. The number of esters is 1. The summed E-state index contributed by atoms with van der Waals surface area (Å²) in [5.41, 5.74) is 0.268. The van der Waals surface area contributed by atoms with E-state index >= 15 is 0 Å². The number of phenolic OH excluding ortho intramolecular Hbond substituents is 1. The Morgan fingerprint density at radius 2 is 1.90 bits per heavy atom. The average Bonchev–Trinajstić information content (AvgIpc) is 2.99. The van der Waals surface area contributed by atoms with E-state index in [1.165, 1.54) is 25.3 Å². The molecular weight excluding hydrogens is 408 g/mol. The minimum atomic E-state index is -0.878. The normalized spacial score (nSPS) is 18.5. The summed E-state index contributed by atoms with van der Waals surface area (Å²) in [4.78, 5) is 38.7. The number of aromatic hydroxyl groups is 1. The predicted octanol–water partition coefficient (Wildman–Crippen LogP) is 2.14. The molecule has 9 heteroatoms. The molecule has 0 atom stereocenters. The third kappa shape index (κ3) is 3.20. The van der Waals surface area contributed by atoms with E-state index in [4.69, 9.17) is 21.7 Å². The van der Waals surface area contributed by atoms with Crippen LogP contribution in [0.25, 0.3) is 6.08 Å². The number of ether oxygens (including phenoxy) is 2. The number of thiocarbonyl (C=S) groups is 1. The predicted molar refractivity (Wildman–Crippen MR) is 110 cm³/mol. The van der Waals surface area contributed by atoms with Gasteiger partial charge < -0.3 is 19.9 Å². The van der Waals surface area contributed by atoms with Gasteiger partial charge >= 0.3 is 5.97 Å². The number of amides is 1. The number of methoxy groups -OCH3 is 1. The fourth-order valence-corrected chi connectivity index (χ4v) is 3.26. The van der Waals surface area contributed by atoms with Crippen molar-refractivity contribution in [1.82, 2.24) is 10.2 Å². The van der Waals surface area contributed by atoms with Gasteiger partial charge in [-0.3, -0.25) is 14.5 Å². The van der Waals surface area contributed by atoms with E-state index in [9.17, 15) is 19.5 Å². The molecule has 0 aliphatic carbocycles. The van der Waals surface area contributed by atoms with Crippen LogP contribution in [-0.4, -0.2) is 39.9 Å². The third-order valence-electron chi connectivity index (χ3n) is 4.52. The number of Topliss-reactive ketones (excluding diaryl/α,β-unsaturated/α-hetero) is 1. The van der Waals surface area contributed by atoms with Gasteiger partial charge in [0.2, 0.25) is 5.78 Å². The fourth-order valence-electron chi connectivity index (χ4n) is 3.02. The lowest BCUT2D eigenvalue weighted by Gasteiger charge is -2.18. The number of carbonyl (C=O) groups excluding carboxylic acids is 3. The molecule has 2 aliphatic rings. The summed E-state index contributed by atoms with van der Waals surface area (Å²) in [5, 5.41) is 12.9. The van der Waals surface area contributed by atoms with Crippen LogP contribution in [0.15, 0.2) is 59.9 Å². The number of nitrogens with one attached hydrogen (secondary N) is 1. The number of para-hydroxylation sites is 2. The van der Waals surface area contributed by atoms with Crippen LogP contribution in [0.3, 0.4) is 0 Å². The Labute approximate surface area is 176 Å². The zero-order valence-electron chi connectivity index (χ0n) is 15.5. The molecule has 0 spiro atoms. The van der Waals surface area contributed by atoms with E-state index < -0.39 is 17.7 Å². The van der Waals surface area contributed by atoms with Gasteiger partial charge in [0.25, 0.3) is 5.91 Å². The second kappa shape index (κ2) is 7.45. The van der Waals surface area contributed by atoms with Crippen LogP contribution in [0.5, 0.6) is 17.2 Å². The summed E-state index contributed by atoms with van der Waals surface area (Å²) < 4.78 is 10.2. The van der Waals surface area contributed by atoms with Gasteiger partial charge in [-0.15, -0.1) is 0 Å². The summed E-state index contributed by atoms with van der Waals surface area (Å²) in [7, 11) is 1.41. The number of rotatable bonds is 3. The molecule has 1 saturated heterocycles. The zero-order valence-corrected chi connectivity index (χ0v) is 16.4. The smallest absolute Gasteiger partial charge is 0.349 e.